The molecule has 0 bridgehead atoms. The summed E-state index contributed by atoms with van der Waals surface area (Å²) in [4.78, 5) is 8.44. The van der Waals surface area contributed by atoms with E-state index >= 15 is 4.39 Å². The molecule has 0 spiro atoms. The molecule has 0 amide bonds. The van der Waals surface area contributed by atoms with Crippen LogP contribution in [0.4, 0.5) is 10.2 Å². The van der Waals surface area contributed by atoms with Crippen LogP contribution in [0.15, 0.2) is 35.5 Å². The lowest BCUT2D eigenvalue weighted by molar-refractivity contribution is -0.0470. The van der Waals surface area contributed by atoms with Gasteiger partial charge >= 0.3 is 10.1 Å². The Balaban J connectivity index is 1.71. The molecule has 1 aromatic carbocycles. The van der Waals surface area contributed by atoms with Gasteiger partial charge in [-0.05, 0) is 31.9 Å². The van der Waals surface area contributed by atoms with Crippen molar-refractivity contribution in [2.45, 2.75) is 49.3 Å². The molecule has 2 aromatic heterocycles. The Morgan fingerprint density at radius 1 is 1.30 bits per heavy atom. The van der Waals surface area contributed by atoms with Crippen molar-refractivity contribution in [3.05, 3.63) is 41.7 Å². The van der Waals surface area contributed by atoms with Crippen LogP contribution in [0.2, 0.25) is 0 Å². The minimum Gasteiger partial charge on any atom is -0.394 e. The zero-order valence-electron chi connectivity index (χ0n) is 17.7. The fourth-order valence-corrected chi connectivity index (χ4v) is 5.22. The van der Waals surface area contributed by atoms with E-state index in [-0.39, 0.29) is 16.4 Å². The number of aliphatic hydroxyl groups excluding tert-OH is 2. The number of nitrogens with one attached hydrogen (secondary N) is 1. The Morgan fingerprint density at radius 2 is 2.06 bits per heavy atom. The molecule has 4 heterocycles. The second-order valence-corrected chi connectivity index (χ2v) is 9.68. The van der Waals surface area contributed by atoms with E-state index < -0.39 is 41.3 Å². The third-order valence-corrected chi connectivity index (χ3v) is 7.18. The number of benzene rings is 1. The van der Waals surface area contributed by atoms with Gasteiger partial charge in [0.25, 0.3) is 0 Å². The quantitative estimate of drug-likeness (QED) is 0.466. The van der Waals surface area contributed by atoms with Gasteiger partial charge in [0.05, 0.1) is 12.0 Å². The summed E-state index contributed by atoms with van der Waals surface area (Å²) in [5, 5.41) is 23.3. The summed E-state index contributed by atoms with van der Waals surface area (Å²) in [6.07, 6.45) is -3.86. The zero-order valence-corrected chi connectivity index (χ0v) is 18.5. The normalized spacial score (nSPS) is 25.1. The molecule has 0 unspecified atom stereocenters. The summed E-state index contributed by atoms with van der Waals surface area (Å²) in [6, 6.07) is 6.15. The number of aryl methyl sites for hydroxylation is 2. The zero-order chi connectivity index (χ0) is 23.3. The van der Waals surface area contributed by atoms with Crippen LogP contribution in [-0.2, 0) is 21.3 Å². The molecule has 5 rings (SSSR count). The Kier molecular flexibility index (Phi) is 5.47. The third-order valence-electron chi connectivity index (χ3n) is 5.96. The fourth-order valence-electron chi connectivity index (χ4n) is 4.27. The molecule has 1 saturated heterocycles. The molecule has 4 atom stereocenters. The van der Waals surface area contributed by atoms with E-state index in [0.717, 1.165) is 5.56 Å². The van der Waals surface area contributed by atoms with Gasteiger partial charge in [-0.25, -0.2) is 14.4 Å². The van der Waals surface area contributed by atoms with Gasteiger partial charge in [-0.2, -0.15) is 8.42 Å². The molecule has 12 heteroatoms. The van der Waals surface area contributed by atoms with Crippen molar-refractivity contribution in [1.29, 1.82) is 0 Å². The standard InChI is InChI=1S/C21H23FN4O6S/c1-11-4-6-12(7-5-11)33(29,30)32-20-13-3-2-8-23-18-15(13)19(25-10-24-18)26(20)21-16(22)17(28)14(9-27)31-21/h4-7,10,14,16-17,21,27-28H,2-3,8-9H2,1H3,(H,23,24,25)/t14-,16-,17-,21-/m1/s1. The number of hydrogen-bond donors (Lipinski definition) is 3. The van der Waals surface area contributed by atoms with Crippen LogP contribution in [0.1, 0.15) is 23.8 Å². The molecule has 0 radical (unpaired) electrons. The molecule has 10 nitrogen and oxygen atoms in total. The lowest BCUT2D eigenvalue weighted by Gasteiger charge is -2.20. The minimum atomic E-state index is -4.29. The molecular formula is C21H23FN4O6S. The highest BCUT2D eigenvalue weighted by Crippen LogP contribution is 2.44. The van der Waals surface area contributed by atoms with Crippen LogP contribution in [0.5, 0.6) is 5.88 Å². The summed E-state index contributed by atoms with van der Waals surface area (Å²) in [5.41, 5.74) is 1.58. The maximum atomic E-state index is 15.2. The first kappa shape index (κ1) is 22.0. The number of aliphatic hydroxyl groups is 2. The molecule has 3 N–H and O–H groups in total. The van der Waals surface area contributed by atoms with Crippen molar-refractivity contribution in [3.63, 3.8) is 0 Å². The predicted molar refractivity (Wildman–Crippen MR) is 115 cm³/mol. The summed E-state index contributed by atoms with van der Waals surface area (Å²) in [6.45, 7) is 1.82. The Bertz CT molecular complexity index is 1300. The Labute approximate surface area is 189 Å². The highest BCUT2D eigenvalue weighted by Gasteiger charge is 2.47. The van der Waals surface area contributed by atoms with Gasteiger partial charge in [-0.3, -0.25) is 4.57 Å². The molecule has 2 aliphatic rings. The van der Waals surface area contributed by atoms with Gasteiger partial charge < -0.3 is 24.4 Å². The number of rotatable bonds is 5. The van der Waals surface area contributed by atoms with Crippen LogP contribution in [0.3, 0.4) is 0 Å². The van der Waals surface area contributed by atoms with E-state index in [4.69, 9.17) is 8.92 Å². The Hall–Kier alpha value is -2.80. The smallest absolute Gasteiger partial charge is 0.340 e. The van der Waals surface area contributed by atoms with Gasteiger partial charge in [-0.1, -0.05) is 17.7 Å². The summed E-state index contributed by atoms with van der Waals surface area (Å²) in [5.74, 6) is 0.325. The van der Waals surface area contributed by atoms with Crippen molar-refractivity contribution in [1.82, 2.24) is 14.5 Å². The maximum absolute atomic E-state index is 15.2. The van der Waals surface area contributed by atoms with Gasteiger partial charge in [0.2, 0.25) is 5.88 Å². The predicted octanol–water partition coefficient (Wildman–Crippen LogP) is 1.45. The fraction of sp³-hybridized carbons (Fsp3) is 0.429. The van der Waals surface area contributed by atoms with Gasteiger partial charge in [-0.15, -0.1) is 0 Å². The number of nitrogens with zero attached hydrogens (tertiary/aromatic N) is 3. The SMILES string of the molecule is Cc1ccc(S(=O)(=O)Oc2c3c4c(ncnc4n2[C@@H]2O[C@H](CO)[C@@H](O)[C@H]2F)NCCC3)cc1. The lowest BCUT2D eigenvalue weighted by Crippen LogP contribution is -2.30. The van der Waals surface area contributed by atoms with Gasteiger partial charge in [0.1, 0.15) is 29.2 Å². The number of hydrogen-bond acceptors (Lipinski definition) is 9. The van der Waals surface area contributed by atoms with Crippen molar-refractivity contribution in [2.75, 3.05) is 18.5 Å². The number of ether oxygens (including phenoxy) is 1. The second-order valence-electron chi connectivity index (χ2n) is 8.14. The molecule has 176 valence electrons. The molecule has 2 aliphatic heterocycles. The van der Waals surface area contributed by atoms with E-state index in [1.807, 2.05) is 6.92 Å². The topological polar surface area (TPSA) is 136 Å². The van der Waals surface area contributed by atoms with Gasteiger partial charge in [0.15, 0.2) is 18.0 Å². The molecule has 3 aromatic rings. The van der Waals surface area contributed by atoms with E-state index in [1.165, 1.54) is 23.0 Å². The summed E-state index contributed by atoms with van der Waals surface area (Å²) < 4.78 is 53.9. The van der Waals surface area contributed by atoms with Crippen molar-refractivity contribution in [3.8, 4) is 5.88 Å². The highest BCUT2D eigenvalue weighted by atomic mass is 32.2. The van der Waals surface area contributed by atoms with Crippen LogP contribution < -0.4 is 9.50 Å². The van der Waals surface area contributed by atoms with Crippen LogP contribution >= 0.6 is 0 Å². The average molecular weight is 479 g/mol. The molecule has 33 heavy (non-hydrogen) atoms. The van der Waals surface area contributed by atoms with E-state index in [2.05, 4.69) is 15.3 Å². The van der Waals surface area contributed by atoms with Crippen LogP contribution in [0, 0.1) is 6.92 Å². The first-order valence-electron chi connectivity index (χ1n) is 10.5. The largest absolute Gasteiger partial charge is 0.394 e. The van der Waals surface area contributed by atoms with Crippen molar-refractivity contribution < 1.29 is 31.9 Å². The number of alkyl halides is 1. The van der Waals surface area contributed by atoms with Crippen molar-refractivity contribution >= 4 is 27.0 Å². The monoisotopic (exact) mass is 478 g/mol. The first-order chi connectivity index (χ1) is 15.8. The highest BCUT2D eigenvalue weighted by molar-refractivity contribution is 7.87. The first-order valence-corrected chi connectivity index (χ1v) is 11.9. The van der Waals surface area contributed by atoms with E-state index in [9.17, 15) is 18.6 Å². The lowest BCUT2D eigenvalue weighted by atomic mass is 10.1. The number of aromatic nitrogens is 3. The van der Waals surface area contributed by atoms with E-state index in [0.29, 0.717) is 36.2 Å². The van der Waals surface area contributed by atoms with E-state index in [1.54, 1.807) is 12.1 Å². The van der Waals surface area contributed by atoms with Crippen LogP contribution in [0.25, 0.3) is 11.0 Å². The maximum Gasteiger partial charge on any atom is 0.340 e. The van der Waals surface area contributed by atoms with Crippen molar-refractivity contribution in [2.24, 2.45) is 0 Å². The number of anilines is 1. The molecular weight excluding hydrogens is 455 g/mol. The Morgan fingerprint density at radius 3 is 2.76 bits per heavy atom. The second kappa shape index (κ2) is 8.20. The molecule has 1 fully saturated rings. The minimum absolute atomic E-state index is 0.0624. The third kappa shape index (κ3) is 3.62. The van der Waals surface area contributed by atoms with Crippen LogP contribution in [-0.4, -0.2) is 64.7 Å². The molecule has 0 saturated carbocycles. The summed E-state index contributed by atoms with van der Waals surface area (Å²) in [7, 11) is -4.29. The number of halogens is 1. The van der Waals surface area contributed by atoms with Gasteiger partial charge in [0, 0.05) is 12.1 Å². The molecule has 0 aliphatic carbocycles. The summed E-state index contributed by atoms with van der Waals surface area (Å²) >= 11 is 0. The average Bonchev–Trinajstić information content (AvgIpc) is 3.13.